The first kappa shape index (κ1) is 14.3. The van der Waals surface area contributed by atoms with E-state index in [0.29, 0.717) is 10.6 Å². The molecule has 5 heteroatoms. The lowest BCUT2D eigenvalue weighted by molar-refractivity contribution is 0.0959. The fraction of sp³-hybridized carbons (Fsp3) is 0.0588. The van der Waals surface area contributed by atoms with Gasteiger partial charge in [-0.25, -0.2) is 5.43 Å². The lowest BCUT2D eigenvalue weighted by atomic mass is 10.2. The monoisotopic (exact) mass is 310 g/mol. The first-order chi connectivity index (χ1) is 10.8. The number of amides is 1. The average Bonchev–Trinajstić information content (AvgIpc) is 2.99. The van der Waals surface area contributed by atoms with Crippen molar-refractivity contribution in [3.63, 3.8) is 0 Å². The lowest BCUT2D eigenvalue weighted by Gasteiger charge is -2.02. The summed E-state index contributed by atoms with van der Waals surface area (Å²) in [5.41, 5.74) is 3.35. The summed E-state index contributed by atoms with van der Waals surface area (Å²) in [6.07, 6.45) is 1.57. The third-order valence-electron chi connectivity index (χ3n) is 3.16. The van der Waals surface area contributed by atoms with Gasteiger partial charge in [-0.2, -0.15) is 5.10 Å². The molecule has 1 amide bonds. The number of fused-ring (bicyclic) bond motifs is 1. The minimum atomic E-state index is -0.215. The summed E-state index contributed by atoms with van der Waals surface area (Å²) >= 11 is 1.45. The number of ether oxygens (including phenoxy) is 1. The zero-order valence-corrected chi connectivity index (χ0v) is 12.8. The van der Waals surface area contributed by atoms with Gasteiger partial charge in [0.1, 0.15) is 5.75 Å². The fourth-order valence-electron chi connectivity index (χ4n) is 2.08. The van der Waals surface area contributed by atoms with Gasteiger partial charge in [0, 0.05) is 10.3 Å². The Morgan fingerprint density at radius 2 is 1.95 bits per heavy atom. The Labute approximate surface area is 132 Å². The Morgan fingerprint density at radius 1 is 1.18 bits per heavy atom. The van der Waals surface area contributed by atoms with Crippen molar-refractivity contribution in [3.8, 4) is 5.75 Å². The maximum Gasteiger partial charge on any atom is 0.281 e. The number of nitrogens with zero attached hydrogens (tertiary/aromatic N) is 1. The summed E-state index contributed by atoms with van der Waals surface area (Å²) in [4.78, 5) is 12.8. The number of hydrogen-bond donors (Lipinski definition) is 1. The highest BCUT2D eigenvalue weighted by molar-refractivity contribution is 7.20. The van der Waals surface area contributed by atoms with Crippen molar-refractivity contribution in [1.82, 2.24) is 5.43 Å². The molecule has 22 heavy (non-hydrogen) atoms. The molecule has 0 radical (unpaired) electrons. The Hall–Kier alpha value is -2.66. The molecular weight excluding hydrogens is 296 g/mol. The molecule has 0 aliphatic carbocycles. The number of hydrazone groups is 1. The number of para-hydroxylation sites is 1. The van der Waals surface area contributed by atoms with Crippen LogP contribution in [0.4, 0.5) is 0 Å². The molecule has 2 aromatic carbocycles. The molecule has 0 atom stereocenters. The highest BCUT2D eigenvalue weighted by atomic mass is 32.1. The molecule has 110 valence electrons. The van der Waals surface area contributed by atoms with Gasteiger partial charge in [-0.05, 0) is 29.7 Å². The molecule has 0 aliphatic heterocycles. The molecule has 0 saturated carbocycles. The van der Waals surface area contributed by atoms with Crippen LogP contribution in [0, 0.1) is 0 Å². The summed E-state index contributed by atoms with van der Waals surface area (Å²) in [5.74, 6) is 0.495. The zero-order valence-electron chi connectivity index (χ0n) is 11.9. The summed E-state index contributed by atoms with van der Waals surface area (Å²) in [5, 5.41) is 5.06. The van der Waals surface area contributed by atoms with Crippen molar-refractivity contribution in [3.05, 3.63) is 65.0 Å². The molecule has 0 spiro atoms. The van der Waals surface area contributed by atoms with Crippen LogP contribution in [0.15, 0.2) is 59.7 Å². The summed E-state index contributed by atoms with van der Waals surface area (Å²) in [6.45, 7) is 0. The van der Waals surface area contributed by atoms with Gasteiger partial charge in [-0.3, -0.25) is 4.79 Å². The second kappa shape index (κ2) is 6.41. The van der Waals surface area contributed by atoms with Crippen molar-refractivity contribution in [2.75, 3.05) is 7.11 Å². The van der Waals surface area contributed by atoms with E-state index in [4.69, 9.17) is 4.74 Å². The minimum absolute atomic E-state index is 0.215. The van der Waals surface area contributed by atoms with E-state index in [-0.39, 0.29) is 5.91 Å². The number of methoxy groups -OCH3 is 1. The Balaban J connectivity index is 1.73. The number of carbonyl (C=O) groups is 1. The highest BCUT2D eigenvalue weighted by Gasteiger charge is 2.08. The van der Waals surface area contributed by atoms with Crippen LogP contribution in [0.1, 0.15) is 15.2 Å². The second-order valence-corrected chi connectivity index (χ2v) is 5.67. The molecule has 1 aromatic heterocycles. The van der Waals surface area contributed by atoms with E-state index in [1.807, 2.05) is 54.6 Å². The average molecular weight is 310 g/mol. The molecule has 1 heterocycles. The SMILES string of the molecule is COc1ccccc1/C=N/NC(=O)c1cc2ccccc2s1. The quantitative estimate of drug-likeness (QED) is 0.590. The number of benzene rings is 2. The standard InChI is InChI=1S/C17H14N2O2S/c1-21-14-8-4-2-7-13(14)11-18-19-17(20)16-10-12-6-3-5-9-15(12)22-16/h2-11H,1H3,(H,19,20)/b18-11+. The van der Waals surface area contributed by atoms with Crippen LogP contribution < -0.4 is 10.2 Å². The third kappa shape index (κ3) is 2.99. The molecular formula is C17H14N2O2S. The Kier molecular flexibility index (Phi) is 4.16. The van der Waals surface area contributed by atoms with Crippen molar-refractivity contribution in [1.29, 1.82) is 0 Å². The normalized spacial score (nSPS) is 11.0. The maximum absolute atomic E-state index is 12.1. The third-order valence-corrected chi connectivity index (χ3v) is 4.27. The molecule has 0 saturated heterocycles. The fourth-order valence-corrected chi connectivity index (χ4v) is 3.03. The number of rotatable bonds is 4. The summed E-state index contributed by atoms with van der Waals surface area (Å²) in [6, 6.07) is 17.2. The molecule has 0 fully saturated rings. The van der Waals surface area contributed by atoms with Gasteiger partial charge in [0.25, 0.3) is 5.91 Å². The first-order valence-electron chi connectivity index (χ1n) is 6.73. The first-order valence-corrected chi connectivity index (χ1v) is 7.54. The van der Waals surface area contributed by atoms with Crippen LogP contribution in [0.2, 0.25) is 0 Å². The van der Waals surface area contributed by atoms with Crippen LogP contribution >= 0.6 is 11.3 Å². The summed E-state index contributed by atoms with van der Waals surface area (Å²) < 4.78 is 6.31. The van der Waals surface area contributed by atoms with Crippen LogP contribution in [-0.4, -0.2) is 19.2 Å². The van der Waals surface area contributed by atoms with Crippen LogP contribution in [0.25, 0.3) is 10.1 Å². The molecule has 3 aromatic rings. The number of nitrogens with one attached hydrogen (secondary N) is 1. The van der Waals surface area contributed by atoms with Crippen molar-refractivity contribution in [2.24, 2.45) is 5.10 Å². The molecule has 3 rings (SSSR count). The van der Waals surface area contributed by atoms with E-state index < -0.39 is 0 Å². The van der Waals surface area contributed by atoms with Crippen molar-refractivity contribution < 1.29 is 9.53 Å². The van der Waals surface area contributed by atoms with Gasteiger partial charge < -0.3 is 4.74 Å². The van der Waals surface area contributed by atoms with E-state index in [1.54, 1.807) is 13.3 Å². The Morgan fingerprint density at radius 3 is 2.77 bits per heavy atom. The van der Waals surface area contributed by atoms with Gasteiger partial charge in [0.15, 0.2) is 0 Å². The number of hydrogen-bond acceptors (Lipinski definition) is 4. The molecule has 0 bridgehead atoms. The predicted molar refractivity (Wildman–Crippen MR) is 89.9 cm³/mol. The largest absolute Gasteiger partial charge is 0.496 e. The Bertz CT molecular complexity index is 806. The van der Waals surface area contributed by atoms with Gasteiger partial charge >= 0.3 is 0 Å². The number of carbonyl (C=O) groups excluding carboxylic acids is 1. The highest BCUT2D eigenvalue weighted by Crippen LogP contribution is 2.25. The van der Waals surface area contributed by atoms with Crippen molar-refractivity contribution in [2.45, 2.75) is 0 Å². The molecule has 0 unspecified atom stereocenters. The van der Waals surface area contributed by atoms with E-state index in [2.05, 4.69) is 10.5 Å². The molecule has 1 N–H and O–H groups in total. The van der Waals surface area contributed by atoms with Gasteiger partial charge in [0.05, 0.1) is 18.2 Å². The number of thiophene rings is 1. The van der Waals surface area contributed by atoms with E-state index >= 15 is 0 Å². The zero-order chi connectivity index (χ0) is 15.4. The minimum Gasteiger partial charge on any atom is -0.496 e. The lowest BCUT2D eigenvalue weighted by Crippen LogP contribution is -2.16. The van der Waals surface area contributed by atoms with Gasteiger partial charge in [-0.1, -0.05) is 30.3 Å². The van der Waals surface area contributed by atoms with E-state index in [0.717, 1.165) is 15.6 Å². The van der Waals surface area contributed by atoms with Gasteiger partial charge in [-0.15, -0.1) is 11.3 Å². The van der Waals surface area contributed by atoms with Crippen molar-refractivity contribution >= 4 is 33.5 Å². The van der Waals surface area contributed by atoms with Gasteiger partial charge in [0.2, 0.25) is 0 Å². The van der Waals surface area contributed by atoms with Crippen LogP contribution in [0.3, 0.4) is 0 Å². The smallest absolute Gasteiger partial charge is 0.281 e. The molecule has 0 aliphatic rings. The molecule has 4 nitrogen and oxygen atoms in total. The van der Waals surface area contributed by atoms with Crippen LogP contribution in [-0.2, 0) is 0 Å². The second-order valence-electron chi connectivity index (χ2n) is 4.59. The van der Waals surface area contributed by atoms with Crippen LogP contribution in [0.5, 0.6) is 5.75 Å². The summed E-state index contributed by atoms with van der Waals surface area (Å²) in [7, 11) is 1.60. The predicted octanol–water partition coefficient (Wildman–Crippen LogP) is 3.67. The topological polar surface area (TPSA) is 50.7 Å². The van der Waals surface area contributed by atoms with E-state index in [9.17, 15) is 4.79 Å². The van der Waals surface area contributed by atoms with E-state index in [1.165, 1.54) is 11.3 Å². The maximum atomic E-state index is 12.1.